The maximum Gasteiger partial charge on any atom is 0.223 e. The molecule has 3 rings (SSSR count). The Morgan fingerprint density at radius 2 is 1.77 bits per heavy atom. The molecule has 146 valence electrons. The van der Waals surface area contributed by atoms with Crippen LogP contribution < -0.4 is 24.8 Å². The molecule has 2 N–H and O–H groups in total. The lowest BCUT2D eigenvalue weighted by atomic mass is 9.92. The summed E-state index contributed by atoms with van der Waals surface area (Å²) in [5.74, 6) is 2.49. The van der Waals surface area contributed by atoms with Crippen molar-refractivity contribution in [3.05, 3.63) is 17.7 Å². The van der Waals surface area contributed by atoms with Gasteiger partial charge in [-0.25, -0.2) is 0 Å². The molecule has 0 bridgehead atoms. The number of carbonyl (C=O) groups excluding carboxylic acids is 1. The molecule has 2 aliphatic rings. The smallest absolute Gasteiger partial charge is 0.223 e. The van der Waals surface area contributed by atoms with Crippen LogP contribution in [0.25, 0.3) is 0 Å². The molecular formula is C19H29ClN2O4. The van der Waals surface area contributed by atoms with Gasteiger partial charge in [0.1, 0.15) is 17.2 Å². The van der Waals surface area contributed by atoms with Gasteiger partial charge in [-0.05, 0) is 44.2 Å². The molecule has 1 aromatic rings. The zero-order valence-electron chi connectivity index (χ0n) is 15.7. The maximum atomic E-state index is 12.5. The fourth-order valence-electron chi connectivity index (χ4n) is 3.95. The summed E-state index contributed by atoms with van der Waals surface area (Å²) in [4.78, 5) is 12.5. The second-order valence-electron chi connectivity index (χ2n) is 6.92. The summed E-state index contributed by atoms with van der Waals surface area (Å²) in [5.41, 5.74) is 1.21. The average Bonchev–Trinajstić information content (AvgIpc) is 3.34. The van der Waals surface area contributed by atoms with Gasteiger partial charge in [-0.1, -0.05) is 0 Å². The lowest BCUT2D eigenvalue weighted by Gasteiger charge is -2.23. The Kier molecular flexibility index (Phi) is 7.01. The van der Waals surface area contributed by atoms with Crippen molar-refractivity contribution in [1.29, 1.82) is 0 Å². The number of nitrogens with one attached hydrogen (secondary N) is 2. The zero-order chi connectivity index (χ0) is 17.9. The largest absolute Gasteiger partial charge is 0.496 e. The molecule has 1 unspecified atom stereocenters. The lowest BCUT2D eigenvalue weighted by molar-refractivity contribution is -0.123. The molecule has 1 heterocycles. The average molecular weight is 385 g/mol. The summed E-state index contributed by atoms with van der Waals surface area (Å²) in [7, 11) is 4.86. The predicted molar refractivity (Wildman–Crippen MR) is 103 cm³/mol. The number of piperidine rings is 1. The van der Waals surface area contributed by atoms with E-state index in [1.807, 2.05) is 12.1 Å². The number of amides is 1. The molecule has 1 saturated carbocycles. The van der Waals surface area contributed by atoms with Crippen LogP contribution in [0, 0.1) is 11.3 Å². The van der Waals surface area contributed by atoms with E-state index in [0.717, 1.165) is 37.9 Å². The van der Waals surface area contributed by atoms with Crippen molar-refractivity contribution in [2.75, 3.05) is 41.0 Å². The van der Waals surface area contributed by atoms with E-state index in [0.29, 0.717) is 30.2 Å². The quantitative estimate of drug-likeness (QED) is 0.754. The molecule has 1 aliphatic carbocycles. The van der Waals surface area contributed by atoms with Crippen LogP contribution >= 0.6 is 12.4 Å². The van der Waals surface area contributed by atoms with Crippen molar-refractivity contribution in [3.63, 3.8) is 0 Å². The van der Waals surface area contributed by atoms with Crippen LogP contribution in [-0.2, 0) is 11.2 Å². The van der Waals surface area contributed by atoms with Crippen molar-refractivity contribution in [3.8, 4) is 17.2 Å². The van der Waals surface area contributed by atoms with Gasteiger partial charge < -0.3 is 24.8 Å². The van der Waals surface area contributed by atoms with Gasteiger partial charge in [-0.2, -0.15) is 0 Å². The van der Waals surface area contributed by atoms with Crippen LogP contribution in [0.4, 0.5) is 0 Å². The molecule has 0 radical (unpaired) electrons. The minimum Gasteiger partial charge on any atom is -0.496 e. The maximum absolute atomic E-state index is 12.5. The number of carbonyl (C=O) groups is 1. The summed E-state index contributed by atoms with van der Waals surface area (Å²) >= 11 is 0. The third kappa shape index (κ3) is 4.18. The molecule has 1 amide bonds. The van der Waals surface area contributed by atoms with Gasteiger partial charge in [-0.15, -0.1) is 12.4 Å². The van der Waals surface area contributed by atoms with Gasteiger partial charge in [-0.3, -0.25) is 4.79 Å². The second kappa shape index (κ2) is 8.82. The van der Waals surface area contributed by atoms with Crippen molar-refractivity contribution >= 4 is 18.3 Å². The molecule has 6 nitrogen and oxygen atoms in total. The lowest BCUT2D eigenvalue weighted by Crippen LogP contribution is -2.34. The zero-order valence-corrected chi connectivity index (χ0v) is 16.5. The van der Waals surface area contributed by atoms with Crippen molar-refractivity contribution in [2.45, 2.75) is 25.7 Å². The molecule has 1 aromatic carbocycles. The number of hydrogen-bond acceptors (Lipinski definition) is 5. The van der Waals surface area contributed by atoms with Gasteiger partial charge >= 0.3 is 0 Å². The number of ether oxygens (including phenoxy) is 3. The number of methoxy groups -OCH3 is 3. The minimum absolute atomic E-state index is 0. The molecule has 7 heteroatoms. The monoisotopic (exact) mass is 384 g/mol. The highest BCUT2D eigenvalue weighted by atomic mass is 35.5. The highest BCUT2D eigenvalue weighted by Gasteiger charge is 2.57. The van der Waals surface area contributed by atoms with E-state index >= 15 is 0 Å². The third-order valence-corrected chi connectivity index (χ3v) is 5.60. The predicted octanol–water partition coefficient (Wildman–Crippen LogP) is 2.18. The number of hydrogen-bond donors (Lipinski definition) is 2. The first-order valence-electron chi connectivity index (χ1n) is 8.91. The van der Waals surface area contributed by atoms with E-state index in [1.165, 1.54) is 0 Å². The SMILES string of the molecule is COc1cc(OC)c(CCNC(=O)C2CC23CCNCC3)c(OC)c1.Cl. The molecule has 1 aliphatic heterocycles. The third-order valence-electron chi connectivity index (χ3n) is 5.60. The first kappa shape index (κ1) is 20.6. The molecular weight excluding hydrogens is 356 g/mol. The fourth-order valence-corrected chi connectivity index (χ4v) is 3.95. The van der Waals surface area contributed by atoms with Gasteiger partial charge in [0.15, 0.2) is 0 Å². The highest BCUT2D eigenvalue weighted by Crippen LogP contribution is 2.58. The molecule has 2 fully saturated rings. The molecule has 1 atom stereocenters. The van der Waals surface area contributed by atoms with E-state index < -0.39 is 0 Å². The summed E-state index contributed by atoms with van der Waals surface area (Å²) in [6, 6.07) is 3.68. The Balaban J connectivity index is 0.00000243. The van der Waals surface area contributed by atoms with Crippen LogP contribution in [0.2, 0.25) is 0 Å². The summed E-state index contributed by atoms with van der Waals surface area (Å²) in [6.07, 6.45) is 3.93. The number of benzene rings is 1. The highest BCUT2D eigenvalue weighted by molar-refractivity contribution is 5.85. The topological polar surface area (TPSA) is 68.8 Å². The summed E-state index contributed by atoms with van der Waals surface area (Å²) in [5, 5.41) is 6.46. The summed E-state index contributed by atoms with van der Waals surface area (Å²) < 4.78 is 16.2. The molecule has 0 aromatic heterocycles. The number of rotatable bonds is 7. The van der Waals surface area contributed by atoms with Crippen molar-refractivity contribution in [2.24, 2.45) is 11.3 Å². The van der Waals surface area contributed by atoms with Crippen LogP contribution in [-0.4, -0.2) is 46.9 Å². The number of halogens is 1. The van der Waals surface area contributed by atoms with E-state index in [2.05, 4.69) is 10.6 Å². The van der Waals surface area contributed by atoms with E-state index in [4.69, 9.17) is 14.2 Å². The molecule has 1 saturated heterocycles. The Morgan fingerprint density at radius 3 is 2.31 bits per heavy atom. The van der Waals surface area contributed by atoms with E-state index in [9.17, 15) is 4.79 Å². The minimum atomic E-state index is 0. The van der Waals surface area contributed by atoms with Crippen LogP contribution in [0.3, 0.4) is 0 Å². The van der Waals surface area contributed by atoms with Gasteiger partial charge in [0.05, 0.1) is 21.3 Å². The van der Waals surface area contributed by atoms with Crippen LogP contribution in [0.5, 0.6) is 17.2 Å². The van der Waals surface area contributed by atoms with E-state index in [-0.39, 0.29) is 29.6 Å². The molecule has 26 heavy (non-hydrogen) atoms. The van der Waals surface area contributed by atoms with Crippen LogP contribution in [0.1, 0.15) is 24.8 Å². The van der Waals surface area contributed by atoms with E-state index in [1.54, 1.807) is 21.3 Å². The first-order chi connectivity index (χ1) is 12.1. The Morgan fingerprint density at radius 1 is 1.15 bits per heavy atom. The first-order valence-corrected chi connectivity index (χ1v) is 8.91. The molecule has 1 spiro atoms. The summed E-state index contributed by atoms with van der Waals surface area (Å²) in [6.45, 7) is 2.64. The normalized spacial score (nSPS) is 20.0. The standard InChI is InChI=1S/C19H28N2O4.ClH/c1-23-13-10-16(24-2)14(17(11-13)25-3)4-7-21-18(22)15-12-19(15)5-8-20-9-6-19;/h10-11,15,20H,4-9,12H2,1-3H3,(H,21,22);1H. The Hall–Kier alpha value is -1.66. The second-order valence-corrected chi connectivity index (χ2v) is 6.92. The van der Waals surface area contributed by atoms with Gasteiger partial charge in [0.25, 0.3) is 0 Å². The van der Waals surface area contributed by atoms with Crippen molar-refractivity contribution < 1.29 is 19.0 Å². The van der Waals surface area contributed by atoms with Crippen molar-refractivity contribution in [1.82, 2.24) is 10.6 Å². The Labute approximate surface area is 161 Å². The van der Waals surface area contributed by atoms with Gasteiger partial charge in [0.2, 0.25) is 5.91 Å². The van der Waals surface area contributed by atoms with Crippen LogP contribution in [0.15, 0.2) is 12.1 Å². The fraction of sp³-hybridized carbons (Fsp3) is 0.632. The Bertz CT molecular complexity index is 607. The van der Waals surface area contributed by atoms with Gasteiger partial charge in [0, 0.05) is 30.2 Å².